The van der Waals surface area contributed by atoms with Crippen LogP contribution in [0.5, 0.6) is 0 Å². The molecule has 8 atom stereocenters. The maximum Gasteiger partial charge on any atom is 0.162 e. The average molecular weight is 473 g/mol. The third-order valence-electron chi connectivity index (χ3n) is 9.24. The molecule has 4 aliphatic rings. The first kappa shape index (κ1) is 27.4. The van der Waals surface area contributed by atoms with Crippen LogP contribution in [0.15, 0.2) is 36.0 Å². The third kappa shape index (κ3) is 5.29. The van der Waals surface area contributed by atoms with Crippen molar-refractivity contribution in [2.45, 2.75) is 105 Å². The number of ketones is 1. The molecular weight excluding hydrogens is 424 g/mol. The number of Topliss-reactive ketones (excluding diaryl/α,β-unsaturated/α-hetero) is 1. The van der Waals surface area contributed by atoms with E-state index in [0.29, 0.717) is 11.8 Å². The Balaban J connectivity index is 0.000000481. The quantitative estimate of drug-likeness (QED) is 0.495. The van der Waals surface area contributed by atoms with Crippen molar-refractivity contribution >= 4 is 5.78 Å². The fraction of sp³-hybridized carbons (Fsp3) is 0.767. The summed E-state index contributed by atoms with van der Waals surface area (Å²) in [5, 5.41) is 19.9. The van der Waals surface area contributed by atoms with Gasteiger partial charge in [0.2, 0.25) is 0 Å². The van der Waals surface area contributed by atoms with E-state index in [4.69, 9.17) is 9.84 Å². The van der Waals surface area contributed by atoms with Crippen molar-refractivity contribution in [3.05, 3.63) is 36.0 Å². The lowest BCUT2D eigenvalue weighted by Gasteiger charge is -2.58. The maximum atomic E-state index is 13.0. The minimum absolute atomic E-state index is 0.0262. The predicted octanol–water partition coefficient (Wildman–Crippen LogP) is 6.03. The van der Waals surface area contributed by atoms with Gasteiger partial charge in [0, 0.05) is 17.3 Å². The molecule has 0 bridgehead atoms. The van der Waals surface area contributed by atoms with Gasteiger partial charge in [-0.25, -0.2) is 0 Å². The summed E-state index contributed by atoms with van der Waals surface area (Å²) in [5.41, 5.74) is 2.32. The Morgan fingerprint density at radius 2 is 1.94 bits per heavy atom. The molecule has 0 spiro atoms. The smallest absolute Gasteiger partial charge is 0.162 e. The Hall–Kier alpha value is -1.23. The van der Waals surface area contributed by atoms with Gasteiger partial charge in [0.05, 0.1) is 18.3 Å². The first-order chi connectivity index (χ1) is 15.9. The van der Waals surface area contributed by atoms with E-state index in [2.05, 4.69) is 45.6 Å². The summed E-state index contributed by atoms with van der Waals surface area (Å²) in [5.74, 6) is 1.51. The van der Waals surface area contributed by atoms with E-state index in [9.17, 15) is 9.90 Å². The number of aliphatic hydroxyl groups is 2. The highest BCUT2D eigenvalue weighted by Gasteiger charge is 2.62. The van der Waals surface area contributed by atoms with E-state index in [1.165, 1.54) is 5.57 Å². The summed E-state index contributed by atoms with van der Waals surface area (Å²) in [6, 6.07) is 0. The lowest BCUT2D eigenvalue weighted by atomic mass is 9.46. The van der Waals surface area contributed by atoms with Gasteiger partial charge in [-0.1, -0.05) is 57.6 Å². The number of hydrogen-bond donors (Lipinski definition) is 2. The Morgan fingerprint density at radius 3 is 2.53 bits per heavy atom. The summed E-state index contributed by atoms with van der Waals surface area (Å²) >= 11 is 0. The van der Waals surface area contributed by atoms with Gasteiger partial charge in [-0.15, -0.1) is 0 Å². The molecule has 0 aliphatic heterocycles. The second-order valence-electron chi connectivity index (χ2n) is 12.1. The van der Waals surface area contributed by atoms with Crippen molar-refractivity contribution in [2.24, 2.45) is 34.5 Å². The van der Waals surface area contributed by atoms with E-state index in [1.807, 2.05) is 20.8 Å². The van der Waals surface area contributed by atoms with Gasteiger partial charge < -0.3 is 14.9 Å². The standard InChI is InChI=1S/C25H36O3.C5H12O/c1-15(2)28-14-22(27)20-9-8-19-18-7-6-17-12-16(3)10-11-24(17,4)23(18)21(26)13-25(19,20)5;1-3-4-5(2)6/h10-12,15,18-21,23,26H,3,6-9,13-14H2,1-2,4-5H3;5-6H,3-4H2,1-2H3. The molecule has 192 valence electrons. The first-order valence-electron chi connectivity index (χ1n) is 13.5. The number of hydrogen-bond acceptors (Lipinski definition) is 4. The Kier molecular flexibility index (Phi) is 8.69. The van der Waals surface area contributed by atoms with Crippen LogP contribution in [0.25, 0.3) is 0 Å². The maximum absolute atomic E-state index is 13.0. The number of allylic oxidation sites excluding steroid dienone is 5. The minimum Gasteiger partial charge on any atom is -0.393 e. The molecule has 3 saturated carbocycles. The van der Waals surface area contributed by atoms with Crippen LogP contribution in [-0.2, 0) is 9.53 Å². The van der Waals surface area contributed by atoms with E-state index in [-0.39, 0.29) is 53.4 Å². The van der Waals surface area contributed by atoms with Crippen molar-refractivity contribution in [1.82, 2.24) is 0 Å². The molecular formula is C30H48O4. The summed E-state index contributed by atoms with van der Waals surface area (Å²) in [4.78, 5) is 13.0. The van der Waals surface area contributed by atoms with E-state index in [1.54, 1.807) is 0 Å². The molecule has 0 amide bonds. The Labute approximate surface area is 207 Å². The number of ether oxygens (including phenoxy) is 1. The zero-order valence-corrected chi connectivity index (χ0v) is 22.3. The van der Waals surface area contributed by atoms with Crippen LogP contribution < -0.4 is 0 Å². The molecule has 0 saturated heterocycles. The van der Waals surface area contributed by atoms with Crippen LogP contribution in [0.1, 0.15) is 86.5 Å². The molecule has 4 heteroatoms. The highest BCUT2D eigenvalue weighted by atomic mass is 16.5. The van der Waals surface area contributed by atoms with Crippen molar-refractivity contribution < 1.29 is 19.7 Å². The monoisotopic (exact) mass is 472 g/mol. The van der Waals surface area contributed by atoms with Crippen LogP contribution in [0.2, 0.25) is 0 Å². The van der Waals surface area contributed by atoms with Gasteiger partial charge in [0.1, 0.15) is 6.61 Å². The molecule has 0 aromatic heterocycles. The zero-order chi connectivity index (χ0) is 25.3. The van der Waals surface area contributed by atoms with E-state index < -0.39 is 0 Å². The summed E-state index contributed by atoms with van der Waals surface area (Å²) in [6.07, 6.45) is 13.3. The third-order valence-corrected chi connectivity index (χ3v) is 9.24. The average Bonchev–Trinajstić information content (AvgIpc) is 3.09. The van der Waals surface area contributed by atoms with Crippen LogP contribution in [0.4, 0.5) is 0 Å². The molecule has 3 fully saturated rings. The van der Waals surface area contributed by atoms with Gasteiger partial charge in [-0.3, -0.25) is 4.79 Å². The predicted molar refractivity (Wildman–Crippen MR) is 138 cm³/mol. The largest absolute Gasteiger partial charge is 0.393 e. The molecule has 4 nitrogen and oxygen atoms in total. The summed E-state index contributed by atoms with van der Waals surface area (Å²) in [7, 11) is 0. The van der Waals surface area contributed by atoms with Crippen LogP contribution >= 0.6 is 0 Å². The lowest BCUT2D eigenvalue weighted by molar-refractivity contribution is -0.143. The normalized spacial score (nSPS) is 39.4. The summed E-state index contributed by atoms with van der Waals surface area (Å²) < 4.78 is 5.63. The molecule has 4 rings (SSSR count). The van der Waals surface area contributed by atoms with Gasteiger partial charge >= 0.3 is 0 Å². The second-order valence-corrected chi connectivity index (χ2v) is 12.1. The second kappa shape index (κ2) is 10.8. The SMILES string of the molecule is C=C1C=CC2(C)C(=C1)CCC1C2C(O)CC2(C)C(C(=O)COC(C)C)CCC12.CCCC(C)O. The highest BCUT2D eigenvalue weighted by Crippen LogP contribution is 2.66. The molecule has 8 unspecified atom stereocenters. The Morgan fingerprint density at radius 1 is 1.24 bits per heavy atom. The van der Waals surface area contributed by atoms with Crippen molar-refractivity contribution in [3.63, 3.8) is 0 Å². The van der Waals surface area contributed by atoms with Gasteiger partial charge in [0.15, 0.2) is 5.78 Å². The first-order valence-corrected chi connectivity index (χ1v) is 13.5. The number of aliphatic hydroxyl groups excluding tert-OH is 2. The molecule has 34 heavy (non-hydrogen) atoms. The molecule has 0 heterocycles. The van der Waals surface area contributed by atoms with Crippen LogP contribution in [0.3, 0.4) is 0 Å². The van der Waals surface area contributed by atoms with E-state index >= 15 is 0 Å². The molecule has 0 radical (unpaired) electrons. The highest BCUT2D eigenvalue weighted by molar-refractivity contribution is 5.83. The van der Waals surface area contributed by atoms with Gasteiger partial charge in [0.25, 0.3) is 0 Å². The molecule has 0 aromatic rings. The molecule has 2 N–H and O–H groups in total. The fourth-order valence-corrected chi connectivity index (χ4v) is 7.70. The van der Waals surface area contributed by atoms with E-state index in [0.717, 1.165) is 50.5 Å². The van der Waals surface area contributed by atoms with Crippen LogP contribution in [-0.4, -0.2) is 40.9 Å². The van der Waals surface area contributed by atoms with Gasteiger partial charge in [-0.2, -0.15) is 0 Å². The topological polar surface area (TPSA) is 66.8 Å². The number of fused-ring (bicyclic) bond motifs is 5. The van der Waals surface area contributed by atoms with Crippen molar-refractivity contribution in [1.29, 1.82) is 0 Å². The van der Waals surface area contributed by atoms with Gasteiger partial charge in [-0.05, 0) is 82.1 Å². The Bertz CT molecular complexity index is 809. The fourth-order valence-electron chi connectivity index (χ4n) is 7.70. The number of carbonyl (C=O) groups excluding carboxylic acids is 1. The number of carbonyl (C=O) groups is 1. The molecule has 0 aromatic carbocycles. The minimum atomic E-state index is -0.365. The molecule has 4 aliphatic carbocycles. The van der Waals surface area contributed by atoms with Crippen molar-refractivity contribution in [3.8, 4) is 0 Å². The van der Waals surface area contributed by atoms with Crippen molar-refractivity contribution in [2.75, 3.05) is 6.61 Å². The summed E-state index contributed by atoms with van der Waals surface area (Å²) in [6.45, 7) is 16.7. The number of rotatable bonds is 6. The lowest BCUT2D eigenvalue weighted by Crippen LogP contribution is -2.56. The van der Waals surface area contributed by atoms with Crippen LogP contribution in [0, 0.1) is 34.5 Å². The zero-order valence-electron chi connectivity index (χ0n) is 22.3.